The highest BCUT2D eigenvalue weighted by Gasteiger charge is 2.12. The van der Waals surface area contributed by atoms with Crippen molar-refractivity contribution < 1.29 is 9.53 Å². The van der Waals surface area contributed by atoms with E-state index in [9.17, 15) is 4.79 Å². The number of aryl methyl sites for hydroxylation is 1. The fourth-order valence-corrected chi connectivity index (χ4v) is 3.25. The Bertz CT molecular complexity index is 645. The maximum Gasteiger partial charge on any atom is 0.275 e. The van der Waals surface area contributed by atoms with Crippen molar-refractivity contribution in [3.05, 3.63) is 49.1 Å². The summed E-state index contributed by atoms with van der Waals surface area (Å²) in [6.07, 6.45) is 0. The summed E-state index contributed by atoms with van der Waals surface area (Å²) >= 11 is 10.8. The van der Waals surface area contributed by atoms with Crippen LogP contribution in [0, 0.1) is 6.92 Å². The molecule has 0 spiro atoms. The minimum atomic E-state index is -0.300. The summed E-state index contributed by atoms with van der Waals surface area (Å²) in [5.74, 6) is 5.42. The number of halogens is 2. The molecule has 0 unspecified atom stereocenters. The van der Waals surface area contributed by atoms with Crippen LogP contribution in [0.4, 0.5) is 0 Å². The number of nitrogen functional groups attached to an aromatic ring is 1. The number of nitrogens with one attached hydrogen (secondary N) is 1. The summed E-state index contributed by atoms with van der Waals surface area (Å²) in [7, 11) is 0. The topological polar surface area (TPSA) is 64.4 Å². The van der Waals surface area contributed by atoms with E-state index in [2.05, 4.69) is 21.4 Å². The minimum absolute atomic E-state index is 0.300. The Labute approximate surface area is 134 Å². The summed E-state index contributed by atoms with van der Waals surface area (Å²) in [6.45, 7) is 2.28. The molecule has 2 rings (SSSR count). The van der Waals surface area contributed by atoms with E-state index in [1.165, 1.54) is 11.3 Å². The lowest BCUT2D eigenvalue weighted by atomic mass is 10.2. The van der Waals surface area contributed by atoms with Crippen molar-refractivity contribution in [2.45, 2.75) is 13.5 Å². The zero-order valence-corrected chi connectivity index (χ0v) is 13.7. The molecule has 0 aliphatic carbocycles. The smallest absolute Gasteiger partial charge is 0.275 e. The number of amides is 1. The van der Waals surface area contributed by atoms with E-state index in [-0.39, 0.29) is 5.91 Å². The maximum absolute atomic E-state index is 11.5. The van der Waals surface area contributed by atoms with Crippen molar-refractivity contribution in [3.63, 3.8) is 0 Å². The number of rotatable bonds is 4. The second kappa shape index (κ2) is 6.58. The van der Waals surface area contributed by atoms with Gasteiger partial charge in [-0.2, -0.15) is 0 Å². The van der Waals surface area contributed by atoms with Crippen molar-refractivity contribution in [3.8, 4) is 5.75 Å². The van der Waals surface area contributed by atoms with Crippen molar-refractivity contribution in [1.82, 2.24) is 5.43 Å². The molecule has 2 aromatic rings. The number of ether oxygens (including phenoxy) is 1. The van der Waals surface area contributed by atoms with Crippen molar-refractivity contribution in [1.29, 1.82) is 0 Å². The van der Waals surface area contributed by atoms with Gasteiger partial charge in [0.05, 0.1) is 9.90 Å². The predicted octanol–water partition coefficient (Wildman–Crippen LogP) is 3.65. The highest BCUT2D eigenvalue weighted by molar-refractivity contribution is 9.10. The van der Waals surface area contributed by atoms with Crippen LogP contribution in [-0.2, 0) is 6.61 Å². The van der Waals surface area contributed by atoms with Gasteiger partial charge in [0.25, 0.3) is 5.91 Å². The molecule has 0 saturated carbocycles. The van der Waals surface area contributed by atoms with Crippen LogP contribution < -0.4 is 16.0 Å². The Balaban J connectivity index is 2.11. The number of hydrogen-bond acceptors (Lipinski definition) is 4. The molecule has 1 amide bonds. The molecule has 0 atom stereocenters. The van der Waals surface area contributed by atoms with Crippen molar-refractivity contribution in [2.24, 2.45) is 5.84 Å². The molecule has 0 saturated heterocycles. The molecule has 3 N–H and O–H groups in total. The molecule has 0 radical (unpaired) electrons. The first kappa shape index (κ1) is 15.3. The van der Waals surface area contributed by atoms with Crippen LogP contribution in [-0.4, -0.2) is 5.91 Å². The molecule has 0 aliphatic heterocycles. The van der Waals surface area contributed by atoms with Crippen LogP contribution >= 0.6 is 38.9 Å². The number of thiophene rings is 1. The summed E-state index contributed by atoms with van der Waals surface area (Å²) in [6, 6.07) is 7.19. The normalized spacial score (nSPS) is 10.4. The SMILES string of the molecule is Cc1sc(C(=O)NN)cc1COc1ccc(Br)cc1Cl. The number of hydrazine groups is 1. The minimum Gasteiger partial charge on any atom is -0.487 e. The van der Waals surface area contributed by atoms with Crippen LogP contribution in [0.2, 0.25) is 5.02 Å². The highest BCUT2D eigenvalue weighted by atomic mass is 79.9. The monoisotopic (exact) mass is 374 g/mol. The lowest BCUT2D eigenvalue weighted by Gasteiger charge is -2.07. The lowest BCUT2D eigenvalue weighted by Crippen LogP contribution is -2.29. The Morgan fingerprint density at radius 2 is 2.25 bits per heavy atom. The van der Waals surface area contributed by atoms with Gasteiger partial charge in [-0.25, -0.2) is 5.84 Å². The number of carbonyl (C=O) groups excluding carboxylic acids is 1. The van der Waals surface area contributed by atoms with Crippen molar-refractivity contribution in [2.75, 3.05) is 0 Å². The van der Waals surface area contributed by atoms with Gasteiger partial charge >= 0.3 is 0 Å². The molecule has 7 heteroatoms. The Morgan fingerprint density at radius 1 is 1.50 bits per heavy atom. The first-order valence-corrected chi connectivity index (χ1v) is 7.68. The fourth-order valence-electron chi connectivity index (χ4n) is 1.59. The van der Waals surface area contributed by atoms with Gasteiger partial charge < -0.3 is 4.74 Å². The lowest BCUT2D eigenvalue weighted by molar-refractivity contribution is 0.0957. The van der Waals surface area contributed by atoms with Gasteiger partial charge in [0.2, 0.25) is 0 Å². The molecular weight excluding hydrogens is 364 g/mol. The van der Waals surface area contributed by atoms with Crippen LogP contribution in [0.25, 0.3) is 0 Å². The number of nitrogens with two attached hydrogens (primary N) is 1. The van der Waals surface area contributed by atoms with E-state index in [1.54, 1.807) is 18.2 Å². The Kier molecular flexibility index (Phi) is 5.04. The highest BCUT2D eigenvalue weighted by Crippen LogP contribution is 2.29. The van der Waals surface area contributed by atoms with Crippen LogP contribution in [0.3, 0.4) is 0 Å². The molecule has 4 nitrogen and oxygen atoms in total. The molecule has 20 heavy (non-hydrogen) atoms. The van der Waals surface area contributed by atoms with Gasteiger partial charge in [-0.15, -0.1) is 11.3 Å². The van der Waals surface area contributed by atoms with Gasteiger partial charge in [0, 0.05) is 14.9 Å². The largest absolute Gasteiger partial charge is 0.487 e. The molecule has 1 aromatic heterocycles. The van der Waals surface area contributed by atoms with Gasteiger partial charge in [-0.05, 0) is 31.2 Å². The second-order valence-electron chi connectivity index (χ2n) is 4.03. The van der Waals surface area contributed by atoms with Crippen LogP contribution in [0.5, 0.6) is 5.75 Å². The first-order chi connectivity index (χ1) is 9.51. The van der Waals surface area contributed by atoms with Gasteiger partial charge in [-0.1, -0.05) is 27.5 Å². The van der Waals surface area contributed by atoms with E-state index in [0.717, 1.165) is 14.9 Å². The molecule has 0 bridgehead atoms. The number of hydrogen-bond donors (Lipinski definition) is 2. The zero-order valence-electron chi connectivity index (χ0n) is 10.6. The molecule has 0 aliphatic rings. The van der Waals surface area contributed by atoms with Crippen LogP contribution in [0.15, 0.2) is 28.7 Å². The van der Waals surface area contributed by atoms with Crippen molar-refractivity contribution >= 4 is 44.8 Å². The summed E-state index contributed by atoms with van der Waals surface area (Å²) in [4.78, 5) is 13.0. The third-order valence-corrected chi connectivity index (χ3v) is 4.53. The number of carbonyl (C=O) groups is 1. The van der Waals surface area contributed by atoms with Gasteiger partial charge in [0.1, 0.15) is 12.4 Å². The third kappa shape index (κ3) is 3.52. The summed E-state index contributed by atoms with van der Waals surface area (Å²) in [5.41, 5.74) is 3.05. The van der Waals surface area contributed by atoms with E-state index >= 15 is 0 Å². The predicted molar refractivity (Wildman–Crippen MR) is 84.2 cm³/mol. The third-order valence-electron chi connectivity index (χ3n) is 2.65. The first-order valence-electron chi connectivity index (χ1n) is 5.69. The Morgan fingerprint density at radius 3 is 2.90 bits per heavy atom. The quantitative estimate of drug-likeness (QED) is 0.487. The average molecular weight is 376 g/mol. The van der Waals surface area contributed by atoms with E-state index < -0.39 is 0 Å². The standard InChI is InChI=1S/C13H12BrClN2O2S/c1-7-8(4-12(20-7)13(18)17-16)6-19-11-3-2-9(14)5-10(11)15/h2-5H,6,16H2,1H3,(H,17,18). The summed E-state index contributed by atoms with van der Waals surface area (Å²) < 4.78 is 6.57. The Hall–Kier alpha value is -1.08. The second-order valence-corrected chi connectivity index (χ2v) is 6.61. The van der Waals surface area contributed by atoms with E-state index in [0.29, 0.717) is 22.3 Å². The molecule has 1 aromatic carbocycles. The summed E-state index contributed by atoms with van der Waals surface area (Å²) in [5, 5.41) is 0.534. The number of benzene rings is 1. The zero-order chi connectivity index (χ0) is 14.7. The average Bonchev–Trinajstić information content (AvgIpc) is 2.78. The fraction of sp³-hybridized carbons (Fsp3) is 0.154. The molecule has 106 valence electrons. The van der Waals surface area contributed by atoms with E-state index in [4.69, 9.17) is 22.2 Å². The molecule has 1 heterocycles. The van der Waals surface area contributed by atoms with Gasteiger partial charge in [-0.3, -0.25) is 10.2 Å². The van der Waals surface area contributed by atoms with Gasteiger partial charge in [0.15, 0.2) is 0 Å². The maximum atomic E-state index is 11.5. The van der Waals surface area contributed by atoms with E-state index in [1.807, 2.05) is 13.0 Å². The molecular formula is C13H12BrClN2O2S. The molecule has 0 fully saturated rings. The van der Waals surface area contributed by atoms with Crippen LogP contribution in [0.1, 0.15) is 20.1 Å².